The van der Waals surface area contributed by atoms with Crippen LogP contribution in [0.2, 0.25) is 0 Å². The monoisotopic (exact) mass is 260 g/mol. The number of carbonyl (C=O) groups excluding carboxylic acids is 1. The van der Waals surface area contributed by atoms with Crippen molar-refractivity contribution in [3.05, 3.63) is 29.8 Å². The van der Waals surface area contributed by atoms with Crippen LogP contribution in [0.1, 0.15) is 45.1 Å². The normalized spacial score (nSPS) is 23.4. The molecule has 2 rings (SSSR count). The molecular weight excluding hydrogens is 236 g/mol. The average Bonchev–Trinajstić information content (AvgIpc) is 2.39. The van der Waals surface area contributed by atoms with Gasteiger partial charge in [0.05, 0.1) is 0 Å². The Kier molecular flexibility index (Phi) is 4.59. The molecule has 1 saturated heterocycles. The van der Waals surface area contributed by atoms with Crippen molar-refractivity contribution in [1.82, 2.24) is 5.32 Å². The van der Waals surface area contributed by atoms with Crippen LogP contribution < -0.4 is 10.6 Å². The zero-order valence-electron chi connectivity index (χ0n) is 12.1. The van der Waals surface area contributed by atoms with Gasteiger partial charge in [-0.1, -0.05) is 26.0 Å². The second-order valence-electron chi connectivity index (χ2n) is 5.84. The molecule has 0 saturated carbocycles. The summed E-state index contributed by atoms with van der Waals surface area (Å²) in [4.78, 5) is 12.2. The number of anilines is 1. The van der Waals surface area contributed by atoms with Gasteiger partial charge in [0.1, 0.15) is 0 Å². The maximum Gasteiger partial charge on any atom is 0.227 e. The molecule has 0 aromatic heterocycles. The summed E-state index contributed by atoms with van der Waals surface area (Å²) in [6.07, 6.45) is 1.86. The first-order chi connectivity index (χ1) is 9.06. The molecule has 19 heavy (non-hydrogen) atoms. The Balaban J connectivity index is 1.94. The largest absolute Gasteiger partial charge is 0.326 e. The van der Waals surface area contributed by atoms with E-state index in [1.165, 1.54) is 5.56 Å². The molecule has 3 nitrogen and oxygen atoms in total. The smallest absolute Gasteiger partial charge is 0.227 e. The zero-order valence-corrected chi connectivity index (χ0v) is 12.1. The quantitative estimate of drug-likeness (QED) is 0.876. The SMILES string of the molecule is CC(C)c1ccc(NC(=O)[C@H]2CCN[C@@H](C)C2)cc1. The van der Waals surface area contributed by atoms with Crippen LogP contribution in [0.4, 0.5) is 5.69 Å². The molecule has 1 aromatic rings. The number of hydrogen-bond acceptors (Lipinski definition) is 2. The third-order valence-corrected chi connectivity index (χ3v) is 3.84. The van der Waals surface area contributed by atoms with Gasteiger partial charge in [-0.05, 0) is 49.9 Å². The molecule has 0 bridgehead atoms. The number of amides is 1. The molecule has 2 atom stereocenters. The van der Waals surface area contributed by atoms with Gasteiger partial charge in [0.25, 0.3) is 0 Å². The van der Waals surface area contributed by atoms with E-state index in [1.54, 1.807) is 0 Å². The number of nitrogens with one attached hydrogen (secondary N) is 2. The first kappa shape index (κ1) is 14.1. The molecule has 0 aliphatic carbocycles. The third kappa shape index (κ3) is 3.80. The van der Waals surface area contributed by atoms with Gasteiger partial charge in [0, 0.05) is 17.6 Å². The molecule has 3 heteroatoms. The fourth-order valence-electron chi connectivity index (χ4n) is 2.57. The van der Waals surface area contributed by atoms with Crippen LogP contribution in [0.25, 0.3) is 0 Å². The molecular formula is C16H24N2O. The highest BCUT2D eigenvalue weighted by molar-refractivity contribution is 5.92. The molecule has 1 aliphatic heterocycles. The van der Waals surface area contributed by atoms with E-state index in [1.807, 2.05) is 12.1 Å². The summed E-state index contributed by atoms with van der Waals surface area (Å²) in [6.45, 7) is 7.41. The molecule has 1 fully saturated rings. The Morgan fingerprint density at radius 3 is 2.58 bits per heavy atom. The minimum Gasteiger partial charge on any atom is -0.326 e. The Morgan fingerprint density at radius 1 is 1.32 bits per heavy atom. The van der Waals surface area contributed by atoms with E-state index in [0.717, 1.165) is 25.1 Å². The number of hydrogen-bond donors (Lipinski definition) is 2. The predicted molar refractivity (Wildman–Crippen MR) is 79.3 cm³/mol. The summed E-state index contributed by atoms with van der Waals surface area (Å²) >= 11 is 0. The number of piperidine rings is 1. The Morgan fingerprint density at radius 2 is 2.00 bits per heavy atom. The van der Waals surface area contributed by atoms with Crippen molar-refractivity contribution in [3.8, 4) is 0 Å². The lowest BCUT2D eigenvalue weighted by Crippen LogP contribution is -2.40. The predicted octanol–water partition coefficient (Wildman–Crippen LogP) is 3.14. The Labute approximate surface area is 115 Å². The van der Waals surface area contributed by atoms with Gasteiger partial charge in [-0.15, -0.1) is 0 Å². The van der Waals surface area contributed by atoms with E-state index < -0.39 is 0 Å². The lowest BCUT2D eigenvalue weighted by molar-refractivity contribution is -0.120. The van der Waals surface area contributed by atoms with Crippen molar-refractivity contribution < 1.29 is 4.79 Å². The van der Waals surface area contributed by atoms with E-state index in [-0.39, 0.29) is 11.8 Å². The first-order valence-electron chi connectivity index (χ1n) is 7.20. The van der Waals surface area contributed by atoms with Crippen LogP contribution in [-0.4, -0.2) is 18.5 Å². The summed E-state index contributed by atoms with van der Waals surface area (Å²) in [7, 11) is 0. The summed E-state index contributed by atoms with van der Waals surface area (Å²) in [5, 5.41) is 6.40. The van der Waals surface area contributed by atoms with Crippen molar-refractivity contribution in [2.24, 2.45) is 5.92 Å². The summed E-state index contributed by atoms with van der Waals surface area (Å²) < 4.78 is 0. The lowest BCUT2D eigenvalue weighted by Gasteiger charge is -2.27. The zero-order chi connectivity index (χ0) is 13.8. The van der Waals surface area contributed by atoms with E-state index in [2.05, 4.69) is 43.5 Å². The van der Waals surface area contributed by atoms with E-state index in [9.17, 15) is 4.79 Å². The number of benzene rings is 1. The highest BCUT2D eigenvalue weighted by Crippen LogP contribution is 2.20. The second kappa shape index (κ2) is 6.20. The van der Waals surface area contributed by atoms with E-state index in [0.29, 0.717) is 12.0 Å². The third-order valence-electron chi connectivity index (χ3n) is 3.84. The van der Waals surface area contributed by atoms with Gasteiger partial charge in [0.15, 0.2) is 0 Å². The standard InChI is InChI=1S/C16H24N2O/c1-11(2)13-4-6-15(7-5-13)18-16(19)14-8-9-17-12(3)10-14/h4-7,11-12,14,17H,8-10H2,1-3H3,(H,18,19)/t12-,14-/m0/s1. The van der Waals surface area contributed by atoms with E-state index in [4.69, 9.17) is 0 Å². The first-order valence-corrected chi connectivity index (χ1v) is 7.20. The van der Waals surface area contributed by atoms with Crippen molar-refractivity contribution in [2.45, 2.75) is 45.6 Å². The van der Waals surface area contributed by atoms with Gasteiger partial charge in [-0.2, -0.15) is 0 Å². The van der Waals surface area contributed by atoms with Crippen molar-refractivity contribution in [2.75, 3.05) is 11.9 Å². The summed E-state index contributed by atoms with van der Waals surface area (Å²) in [5.41, 5.74) is 2.20. The highest BCUT2D eigenvalue weighted by atomic mass is 16.1. The summed E-state index contributed by atoms with van der Waals surface area (Å²) in [6, 6.07) is 8.61. The Hall–Kier alpha value is -1.35. The fourth-order valence-corrected chi connectivity index (χ4v) is 2.57. The molecule has 0 radical (unpaired) electrons. The topological polar surface area (TPSA) is 41.1 Å². The minimum absolute atomic E-state index is 0.140. The molecule has 104 valence electrons. The molecule has 1 heterocycles. The van der Waals surface area contributed by atoms with Crippen molar-refractivity contribution in [1.29, 1.82) is 0 Å². The van der Waals surface area contributed by atoms with E-state index >= 15 is 0 Å². The molecule has 1 amide bonds. The fraction of sp³-hybridized carbons (Fsp3) is 0.562. The van der Waals surface area contributed by atoms with Gasteiger partial charge in [-0.3, -0.25) is 4.79 Å². The molecule has 2 N–H and O–H groups in total. The van der Waals surface area contributed by atoms with Crippen LogP contribution >= 0.6 is 0 Å². The Bertz CT molecular complexity index is 425. The molecule has 0 unspecified atom stereocenters. The maximum absolute atomic E-state index is 12.2. The van der Waals surface area contributed by atoms with Gasteiger partial charge in [-0.25, -0.2) is 0 Å². The van der Waals surface area contributed by atoms with Crippen LogP contribution in [0.15, 0.2) is 24.3 Å². The lowest BCUT2D eigenvalue weighted by atomic mass is 9.92. The number of carbonyl (C=O) groups is 1. The number of rotatable bonds is 3. The second-order valence-corrected chi connectivity index (χ2v) is 5.84. The molecule has 1 aliphatic rings. The summed E-state index contributed by atoms with van der Waals surface area (Å²) in [5.74, 6) is 0.821. The van der Waals surface area contributed by atoms with Crippen molar-refractivity contribution in [3.63, 3.8) is 0 Å². The minimum atomic E-state index is 0.140. The van der Waals surface area contributed by atoms with Gasteiger partial charge in [0.2, 0.25) is 5.91 Å². The molecule has 1 aromatic carbocycles. The maximum atomic E-state index is 12.2. The highest BCUT2D eigenvalue weighted by Gasteiger charge is 2.24. The van der Waals surface area contributed by atoms with Crippen molar-refractivity contribution >= 4 is 11.6 Å². The van der Waals surface area contributed by atoms with Crippen LogP contribution in [0.5, 0.6) is 0 Å². The molecule has 0 spiro atoms. The van der Waals surface area contributed by atoms with Gasteiger partial charge >= 0.3 is 0 Å². The van der Waals surface area contributed by atoms with Crippen LogP contribution in [-0.2, 0) is 4.79 Å². The average molecular weight is 260 g/mol. The van der Waals surface area contributed by atoms with Crippen LogP contribution in [0.3, 0.4) is 0 Å². The van der Waals surface area contributed by atoms with Gasteiger partial charge < -0.3 is 10.6 Å². The van der Waals surface area contributed by atoms with Crippen LogP contribution in [0, 0.1) is 5.92 Å².